The van der Waals surface area contributed by atoms with Gasteiger partial charge < -0.3 is 10.1 Å². The van der Waals surface area contributed by atoms with E-state index >= 15 is 0 Å². The molecular weight excluding hydrogens is 460 g/mol. The smallest absolute Gasteiger partial charge is 0.307 e. The zero-order chi connectivity index (χ0) is 19.9. The fourth-order valence-electron chi connectivity index (χ4n) is 1.93. The van der Waals surface area contributed by atoms with Crippen molar-refractivity contribution in [3.63, 3.8) is 0 Å². The molecule has 0 unspecified atom stereocenters. The lowest BCUT2D eigenvalue weighted by Crippen LogP contribution is -2.27. The first-order valence-corrected chi connectivity index (χ1v) is 10.4. The van der Waals surface area contributed by atoms with Gasteiger partial charge in [0.1, 0.15) is 0 Å². The van der Waals surface area contributed by atoms with Gasteiger partial charge in [-0.3, -0.25) is 9.59 Å². The van der Waals surface area contributed by atoms with E-state index in [9.17, 15) is 18.0 Å². The SMILES string of the molecule is O=C(COC(=O)CCNS(=O)(=O)c1ccc(Cl)cc1)Nc1ccc(Br)cc1. The number of nitrogens with one attached hydrogen (secondary N) is 2. The molecule has 144 valence electrons. The van der Waals surface area contributed by atoms with Crippen molar-refractivity contribution in [1.82, 2.24) is 4.72 Å². The van der Waals surface area contributed by atoms with Crippen LogP contribution in [0.3, 0.4) is 0 Å². The van der Waals surface area contributed by atoms with Gasteiger partial charge in [0.2, 0.25) is 10.0 Å². The van der Waals surface area contributed by atoms with Gasteiger partial charge in [0.05, 0.1) is 11.3 Å². The molecular formula is C17H16BrClN2O5S. The quantitative estimate of drug-likeness (QED) is 0.572. The number of amides is 1. The van der Waals surface area contributed by atoms with E-state index in [2.05, 4.69) is 26.0 Å². The number of carbonyl (C=O) groups is 2. The summed E-state index contributed by atoms with van der Waals surface area (Å²) in [5, 5.41) is 2.99. The molecule has 1 amide bonds. The van der Waals surface area contributed by atoms with E-state index in [0.29, 0.717) is 10.7 Å². The third-order valence-corrected chi connectivity index (χ3v) is 5.49. The van der Waals surface area contributed by atoms with Gasteiger partial charge in [-0.25, -0.2) is 13.1 Å². The van der Waals surface area contributed by atoms with Crippen molar-refractivity contribution < 1.29 is 22.7 Å². The second-order valence-corrected chi connectivity index (χ2v) is 8.44. The Morgan fingerprint density at radius 1 is 1.04 bits per heavy atom. The Kier molecular flexibility index (Phi) is 7.78. The summed E-state index contributed by atoms with van der Waals surface area (Å²) in [5.74, 6) is -1.19. The second kappa shape index (κ2) is 9.84. The molecule has 0 aliphatic carbocycles. The van der Waals surface area contributed by atoms with Crippen LogP contribution in [0.15, 0.2) is 57.9 Å². The summed E-state index contributed by atoms with van der Waals surface area (Å²) in [6, 6.07) is 12.5. The minimum absolute atomic E-state index is 0.0362. The minimum Gasteiger partial charge on any atom is -0.456 e. The first-order chi connectivity index (χ1) is 12.8. The van der Waals surface area contributed by atoms with Crippen LogP contribution in [0.25, 0.3) is 0 Å². The van der Waals surface area contributed by atoms with Crippen LogP contribution in [0, 0.1) is 0 Å². The number of hydrogen-bond acceptors (Lipinski definition) is 5. The highest BCUT2D eigenvalue weighted by Gasteiger charge is 2.15. The number of anilines is 1. The Labute approximate surface area is 170 Å². The molecule has 0 aromatic heterocycles. The summed E-state index contributed by atoms with van der Waals surface area (Å²) in [6.45, 7) is -0.614. The molecule has 0 atom stereocenters. The van der Waals surface area contributed by atoms with E-state index in [1.165, 1.54) is 24.3 Å². The summed E-state index contributed by atoms with van der Waals surface area (Å²) in [5.41, 5.74) is 0.565. The molecule has 2 N–H and O–H groups in total. The van der Waals surface area contributed by atoms with E-state index < -0.39 is 28.5 Å². The number of halogens is 2. The van der Waals surface area contributed by atoms with Gasteiger partial charge in [-0.2, -0.15) is 0 Å². The lowest BCUT2D eigenvalue weighted by Gasteiger charge is -2.08. The highest BCUT2D eigenvalue weighted by atomic mass is 79.9. The Balaban J connectivity index is 1.72. The van der Waals surface area contributed by atoms with Gasteiger partial charge in [0.25, 0.3) is 5.91 Å². The summed E-state index contributed by atoms with van der Waals surface area (Å²) in [4.78, 5) is 23.4. The molecule has 2 aromatic rings. The molecule has 0 heterocycles. The predicted octanol–water partition coefficient (Wildman–Crippen LogP) is 2.95. The van der Waals surface area contributed by atoms with Crippen LogP contribution in [0.4, 0.5) is 5.69 Å². The van der Waals surface area contributed by atoms with Crippen molar-refractivity contribution in [2.75, 3.05) is 18.5 Å². The summed E-state index contributed by atoms with van der Waals surface area (Å²) in [6.07, 6.45) is -0.210. The van der Waals surface area contributed by atoms with Crippen LogP contribution >= 0.6 is 27.5 Å². The number of sulfonamides is 1. The van der Waals surface area contributed by atoms with Crippen molar-refractivity contribution in [2.24, 2.45) is 0 Å². The van der Waals surface area contributed by atoms with Crippen LogP contribution in [0.2, 0.25) is 5.02 Å². The van der Waals surface area contributed by atoms with E-state index in [0.717, 1.165) is 4.47 Å². The van der Waals surface area contributed by atoms with Gasteiger partial charge in [-0.05, 0) is 48.5 Å². The molecule has 0 fully saturated rings. The second-order valence-electron chi connectivity index (χ2n) is 5.32. The Morgan fingerprint density at radius 2 is 1.67 bits per heavy atom. The maximum absolute atomic E-state index is 12.0. The first-order valence-electron chi connectivity index (χ1n) is 7.72. The van der Waals surface area contributed by atoms with Crippen LogP contribution in [0.1, 0.15) is 6.42 Å². The molecule has 0 aliphatic rings. The molecule has 7 nitrogen and oxygen atoms in total. The zero-order valence-electron chi connectivity index (χ0n) is 13.9. The van der Waals surface area contributed by atoms with Crippen molar-refractivity contribution >= 4 is 55.1 Å². The van der Waals surface area contributed by atoms with Crippen LogP contribution in [-0.2, 0) is 24.3 Å². The first kappa shape index (κ1) is 21.4. The van der Waals surface area contributed by atoms with Gasteiger partial charge >= 0.3 is 5.97 Å². The molecule has 2 rings (SSSR count). The largest absolute Gasteiger partial charge is 0.456 e. The fourth-order valence-corrected chi connectivity index (χ4v) is 3.36. The number of ether oxygens (including phenoxy) is 1. The molecule has 0 bridgehead atoms. The summed E-state index contributed by atoms with van der Waals surface area (Å²) >= 11 is 9.00. The van der Waals surface area contributed by atoms with E-state index in [-0.39, 0.29) is 17.9 Å². The molecule has 0 radical (unpaired) electrons. The zero-order valence-corrected chi connectivity index (χ0v) is 17.1. The molecule has 27 heavy (non-hydrogen) atoms. The van der Waals surface area contributed by atoms with Crippen LogP contribution in [0.5, 0.6) is 0 Å². The standard InChI is InChI=1S/C17H16BrClN2O5S/c18-12-1-5-14(6-2-12)21-16(22)11-26-17(23)9-10-20-27(24,25)15-7-3-13(19)4-8-15/h1-8,20H,9-11H2,(H,21,22). The molecule has 2 aromatic carbocycles. The third-order valence-electron chi connectivity index (χ3n) is 3.24. The molecule has 0 aliphatic heterocycles. The molecule has 0 saturated carbocycles. The topological polar surface area (TPSA) is 102 Å². The van der Waals surface area contributed by atoms with Gasteiger partial charge in [-0.15, -0.1) is 0 Å². The van der Waals surface area contributed by atoms with Gasteiger partial charge in [-0.1, -0.05) is 27.5 Å². The normalized spacial score (nSPS) is 11.0. The van der Waals surface area contributed by atoms with Crippen molar-refractivity contribution in [1.29, 1.82) is 0 Å². The van der Waals surface area contributed by atoms with E-state index in [1.54, 1.807) is 24.3 Å². The highest BCUT2D eigenvalue weighted by Crippen LogP contribution is 2.14. The number of hydrogen-bond donors (Lipinski definition) is 2. The maximum atomic E-state index is 12.0. The Morgan fingerprint density at radius 3 is 2.30 bits per heavy atom. The number of benzene rings is 2. The number of esters is 1. The van der Waals surface area contributed by atoms with Gasteiger partial charge in [0, 0.05) is 21.7 Å². The summed E-state index contributed by atoms with van der Waals surface area (Å²) < 4.78 is 32.1. The Hall–Kier alpha value is -1.94. The average Bonchev–Trinajstić information content (AvgIpc) is 2.62. The fraction of sp³-hybridized carbons (Fsp3) is 0.176. The molecule has 10 heteroatoms. The lowest BCUT2D eigenvalue weighted by atomic mass is 10.3. The van der Waals surface area contributed by atoms with Crippen LogP contribution in [-0.4, -0.2) is 33.4 Å². The van der Waals surface area contributed by atoms with E-state index in [1.807, 2.05) is 0 Å². The molecule has 0 spiro atoms. The van der Waals surface area contributed by atoms with Crippen LogP contribution < -0.4 is 10.0 Å². The number of rotatable bonds is 8. The number of carbonyl (C=O) groups excluding carboxylic acids is 2. The Bertz CT molecular complexity index is 902. The minimum atomic E-state index is -3.75. The maximum Gasteiger partial charge on any atom is 0.307 e. The highest BCUT2D eigenvalue weighted by molar-refractivity contribution is 9.10. The predicted molar refractivity (Wildman–Crippen MR) is 105 cm³/mol. The van der Waals surface area contributed by atoms with Crippen molar-refractivity contribution in [3.8, 4) is 0 Å². The van der Waals surface area contributed by atoms with Gasteiger partial charge in [0.15, 0.2) is 6.61 Å². The van der Waals surface area contributed by atoms with Crippen molar-refractivity contribution in [2.45, 2.75) is 11.3 Å². The van der Waals surface area contributed by atoms with E-state index in [4.69, 9.17) is 16.3 Å². The third kappa shape index (κ3) is 7.30. The summed E-state index contributed by atoms with van der Waals surface area (Å²) in [7, 11) is -3.75. The van der Waals surface area contributed by atoms with Crippen molar-refractivity contribution in [3.05, 3.63) is 58.0 Å². The average molecular weight is 476 g/mol. The monoisotopic (exact) mass is 474 g/mol. The lowest BCUT2D eigenvalue weighted by molar-refractivity contribution is -0.147. The molecule has 0 saturated heterocycles.